The number of carbonyl (C=O) groups is 2. The van der Waals surface area contributed by atoms with Crippen LogP contribution in [0.1, 0.15) is 24.1 Å². The van der Waals surface area contributed by atoms with Gasteiger partial charge in [-0.1, -0.05) is 48.5 Å². The summed E-state index contributed by atoms with van der Waals surface area (Å²) in [4.78, 5) is 24.8. The molecule has 2 amide bonds. The molecule has 0 aliphatic carbocycles. The number of nitriles is 1. The summed E-state index contributed by atoms with van der Waals surface area (Å²) in [6.45, 7) is 1.53. The van der Waals surface area contributed by atoms with Crippen LogP contribution in [-0.4, -0.2) is 18.4 Å². The Hall–Kier alpha value is -4.44. The highest BCUT2D eigenvalue weighted by Gasteiger charge is 2.15. The van der Waals surface area contributed by atoms with E-state index in [2.05, 4.69) is 10.6 Å². The molecule has 0 radical (unpaired) electrons. The van der Waals surface area contributed by atoms with E-state index < -0.39 is 17.6 Å². The predicted molar refractivity (Wildman–Crippen MR) is 124 cm³/mol. The van der Waals surface area contributed by atoms with Crippen LogP contribution in [0.3, 0.4) is 0 Å². The molecule has 33 heavy (non-hydrogen) atoms. The molecule has 1 atom stereocenters. The van der Waals surface area contributed by atoms with E-state index in [1.165, 1.54) is 30.3 Å². The van der Waals surface area contributed by atoms with Gasteiger partial charge in [-0.15, -0.1) is 0 Å². The standard InChI is InChI=1S/C26H22FN3O3/c1-18(19-7-3-2-4-8-19)29-26(32)21(16-28)15-20-9-5-6-10-24(20)33-17-25(31)30-23-13-11-22(27)12-14-23/h2-15,18H,17H2,1H3,(H,29,32)(H,30,31)/b21-15-/t18-/m1/s1. The largest absolute Gasteiger partial charge is 0.483 e. The predicted octanol–water partition coefficient (Wildman–Crippen LogP) is 4.63. The summed E-state index contributed by atoms with van der Waals surface area (Å²) in [5.41, 5.74) is 1.74. The van der Waals surface area contributed by atoms with E-state index in [9.17, 15) is 19.2 Å². The number of amides is 2. The van der Waals surface area contributed by atoms with Crippen molar-refractivity contribution in [3.8, 4) is 11.8 Å². The first-order valence-corrected chi connectivity index (χ1v) is 10.2. The Bertz CT molecular complexity index is 1190. The molecule has 0 unspecified atom stereocenters. The van der Waals surface area contributed by atoms with Gasteiger partial charge in [0.1, 0.15) is 23.2 Å². The number of nitrogens with zero attached hydrogens (tertiary/aromatic N) is 1. The minimum absolute atomic E-state index is 0.0930. The number of para-hydroxylation sites is 1. The Balaban J connectivity index is 1.67. The molecule has 3 rings (SSSR count). The van der Waals surface area contributed by atoms with E-state index in [1.54, 1.807) is 24.3 Å². The lowest BCUT2D eigenvalue weighted by Gasteiger charge is -2.14. The van der Waals surface area contributed by atoms with Gasteiger partial charge < -0.3 is 15.4 Å². The summed E-state index contributed by atoms with van der Waals surface area (Å²) in [5.74, 6) is -1.02. The fourth-order valence-electron chi connectivity index (χ4n) is 3.01. The minimum atomic E-state index is -0.516. The monoisotopic (exact) mass is 443 g/mol. The van der Waals surface area contributed by atoms with Crippen LogP contribution in [0.5, 0.6) is 5.75 Å². The highest BCUT2D eigenvalue weighted by molar-refractivity contribution is 6.02. The number of hydrogen-bond acceptors (Lipinski definition) is 4. The summed E-state index contributed by atoms with van der Waals surface area (Å²) in [6, 6.07) is 23.2. The lowest BCUT2D eigenvalue weighted by Crippen LogP contribution is -2.27. The van der Waals surface area contributed by atoms with Crippen LogP contribution in [0, 0.1) is 17.1 Å². The van der Waals surface area contributed by atoms with Crippen molar-refractivity contribution < 1.29 is 18.7 Å². The number of hydrogen-bond donors (Lipinski definition) is 2. The van der Waals surface area contributed by atoms with Gasteiger partial charge in [0.05, 0.1) is 6.04 Å². The molecule has 2 N–H and O–H groups in total. The quantitative estimate of drug-likeness (QED) is 0.392. The smallest absolute Gasteiger partial charge is 0.262 e. The van der Waals surface area contributed by atoms with Gasteiger partial charge in [0.25, 0.3) is 11.8 Å². The Morgan fingerprint density at radius 3 is 2.39 bits per heavy atom. The zero-order valence-electron chi connectivity index (χ0n) is 17.9. The third kappa shape index (κ3) is 6.77. The van der Waals surface area contributed by atoms with E-state index in [0.29, 0.717) is 17.0 Å². The number of anilines is 1. The molecule has 0 aromatic heterocycles. The lowest BCUT2D eigenvalue weighted by molar-refractivity contribution is -0.118. The molecule has 6 nitrogen and oxygen atoms in total. The molecule has 3 aromatic rings. The van der Waals surface area contributed by atoms with Gasteiger partial charge in [-0.25, -0.2) is 4.39 Å². The van der Waals surface area contributed by atoms with Gasteiger partial charge in [-0.05, 0) is 48.9 Å². The number of carbonyl (C=O) groups excluding carboxylic acids is 2. The fourth-order valence-corrected chi connectivity index (χ4v) is 3.01. The Morgan fingerprint density at radius 1 is 1.03 bits per heavy atom. The molecule has 0 spiro atoms. The molecule has 0 aliphatic rings. The van der Waals surface area contributed by atoms with Gasteiger partial charge in [0, 0.05) is 11.3 Å². The molecule has 0 bridgehead atoms. The average molecular weight is 443 g/mol. The second kappa shape index (κ2) is 11.3. The highest BCUT2D eigenvalue weighted by atomic mass is 19.1. The van der Waals surface area contributed by atoms with Crippen LogP contribution >= 0.6 is 0 Å². The van der Waals surface area contributed by atoms with E-state index in [1.807, 2.05) is 43.3 Å². The van der Waals surface area contributed by atoms with Gasteiger partial charge in [0.15, 0.2) is 6.61 Å². The minimum Gasteiger partial charge on any atom is -0.483 e. The van der Waals surface area contributed by atoms with Crippen molar-refractivity contribution >= 4 is 23.6 Å². The second-order valence-electron chi connectivity index (χ2n) is 7.16. The van der Waals surface area contributed by atoms with Crippen LogP contribution in [0.4, 0.5) is 10.1 Å². The fraction of sp³-hybridized carbons (Fsp3) is 0.115. The summed E-state index contributed by atoms with van der Waals surface area (Å²) in [5, 5.41) is 14.9. The normalized spacial score (nSPS) is 11.7. The lowest BCUT2D eigenvalue weighted by atomic mass is 10.1. The summed E-state index contributed by atoms with van der Waals surface area (Å²) in [7, 11) is 0. The maximum atomic E-state index is 13.0. The topological polar surface area (TPSA) is 91.2 Å². The van der Waals surface area contributed by atoms with Crippen molar-refractivity contribution in [3.05, 3.63) is 101 Å². The molecular formula is C26H22FN3O3. The molecule has 0 heterocycles. The molecule has 0 fully saturated rings. The van der Waals surface area contributed by atoms with E-state index in [4.69, 9.17) is 4.74 Å². The number of halogens is 1. The van der Waals surface area contributed by atoms with Gasteiger partial charge in [-0.2, -0.15) is 5.26 Å². The first-order valence-electron chi connectivity index (χ1n) is 10.2. The van der Waals surface area contributed by atoms with Gasteiger partial charge in [0.2, 0.25) is 0 Å². The van der Waals surface area contributed by atoms with Gasteiger partial charge in [-0.3, -0.25) is 9.59 Å². The van der Waals surface area contributed by atoms with Crippen molar-refractivity contribution in [3.63, 3.8) is 0 Å². The highest BCUT2D eigenvalue weighted by Crippen LogP contribution is 2.22. The molecule has 0 saturated heterocycles. The maximum Gasteiger partial charge on any atom is 0.262 e. The zero-order chi connectivity index (χ0) is 23.6. The van der Waals surface area contributed by atoms with E-state index in [0.717, 1.165) is 5.56 Å². The zero-order valence-corrected chi connectivity index (χ0v) is 17.9. The first-order chi connectivity index (χ1) is 16.0. The van der Waals surface area contributed by atoms with Gasteiger partial charge >= 0.3 is 0 Å². The second-order valence-corrected chi connectivity index (χ2v) is 7.16. The summed E-state index contributed by atoms with van der Waals surface area (Å²) in [6.07, 6.45) is 1.42. The summed E-state index contributed by atoms with van der Waals surface area (Å²) >= 11 is 0. The van der Waals surface area contributed by atoms with Crippen molar-refractivity contribution in [2.24, 2.45) is 0 Å². The molecule has 0 aliphatic heterocycles. The SMILES string of the molecule is C[C@@H](NC(=O)/C(C#N)=C\c1ccccc1OCC(=O)Nc1ccc(F)cc1)c1ccccc1. The number of nitrogens with one attached hydrogen (secondary N) is 2. The Morgan fingerprint density at radius 2 is 1.70 bits per heavy atom. The van der Waals surface area contributed by atoms with Crippen molar-refractivity contribution in [2.75, 3.05) is 11.9 Å². The summed E-state index contributed by atoms with van der Waals surface area (Å²) < 4.78 is 18.6. The number of rotatable bonds is 8. The Labute approximate surface area is 191 Å². The maximum absolute atomic E-state index is 13.0. The van der Waals surface area contributed by atoms with E-state index in [-0.39, 0.29) is 18.2 Å². The van der Waals surface area contributed by atoms with Crippen molar-refractivity contribution in [1.82, 2.24) is 5.32 Å². The molecule has 0 saturated carbocycles. The third-order valence-corrected chi connectivity index (χ3v) is 4.72. The van der Waals surface area contributed by atoms with Crippen LogP contribution < -0.4 is 15.4 Å². The molecular weight excluding hydrogens is 421 g/mol. The van der Waals surface area contributed by atoms with E-state index >= 15 is 0 Å². The number of benzene rings is 3. The third-order valence-electron chi connectivity index (χ3n) is 4.72. The Kier molecular flexibility index (Phi) is 7.92. The van der Waals surface area contributed by atoms with Crippen LogP contribution in [0.15, 0.2) is 84.4 Å². The van der Waals surface area contributed by atoms with Crippen LogP contribution in [0.2, 0.25) is 0 Å². The molecule has 166 valence electrons. The first kappa shape index (κ1) is 23.2. The van der Waals surface area contributed by atoms with Crippen LogP contribution in [-0.2, 0) is 9.59 Å². The molecule has 7 heteroatoms. The van der Waals surface area contributed by atoms with Crippen molar-refractivity contribution in [1.29, 1.82) is 5.26 Å². The molecule has 3 aromatic carbocycles. The average Bonchev–Trinajstić information content (AvgIpc) is 2.83. The number of ether oxygens (including phenoxy) is 1. The van der Waals surface area contributed by atoms with Crippen LogP contribution in [0.25, 0.3) is 6.08 Å². The van der Waals surface area contributed by atoms with Crippen molar-refractivity contribution in [2.45, 2.75) is 13.0 Å².